The summed E-state index contributed by atoms with van der Waals surface area (Å²) in [5, 5.41) is 18.3. The smallest absolute Gasteiger partial charge is 0.312 e. The number of aliphatic hydroxyl groups excluding tert-OH is 1. The van der Waals surface area contributed by atoms with E-state index in [2.05, 4.69) is 4.90 Å². The number of likely N-dealkylation sites (tertiary alicyclic amines) is 1. The van der Waals surface area contributed by atoms with Gasteiger partial charge in [0, 0.05) is 20.3 Å². The largest absolute Gasteiger partial charge is 0.481 e. The number of nitrogens with zero attached hydrogens (tertiary/aromatic N) is 1. The first kappa shape index (κ1) is 17.4. The van der Waals surface area contributed by atoms with Crippen LogP contribution in [0, 0.1) is 5.41 Å². The lowest BCUT2D eigenvalue weighted by Crippen LogP contribution is -2.46. The number of methoxy groups -OCH3 is 1. The number of rotatable bonds is 6. The molecule has 18 heavy (non-hydrogen) atoms. The monoisotopic (exact) mass is 261 g/mol. The molecule has 5 heteroatoms. The highest BCUT2D eigenvalue weighted by atomic mass is 16.5. The summed E-state index contributed by atoms with van der Waals surface area (Å²) in [6.45, 7) is 6.91. The van der Waals surface area contributed by atoms with Gasteiger partial charge in [-0.1, -0.05) is 13.8 Å². The average Bonchev–Trinajstić information content (AvgIpc) is 2.42. The van der Waals surface area contributed by atoms with Gasteiger partial charge in [-0.25, -0.2) is 0 Å². The van der Waals surface area contributed by atoms with Crippen molar-refractivity contribution < 1.29 is 19.7 Å². The lowest BCUT2D eigenvalue weighted by atomic mass is 9.79. The highest BCUT2D eigenvalue weighted by molar-refractivity contribution is 5.75. The van der Waals surface area contributed by atoms with Crippen LogP contribution in [0.4, 0.5) is 0 Å². The van der Waals surface area contributed by atoms with E-state index in [9.17, 15) is 9.90 Å². The Hall–Kier alpha value is -0.650. The summed E-state index contributed by atoms with van der Waals surface area (Å²) in [4.78, 5) is 13.3. The highest BCUT2D eigenvalue weighted by Crippen LogP contribution is 2.31. The van der Waals surface area contributed by atoms with Crippen molar-refractivity contribution >= 4 is 5.97 Å². The third kappa shape index (κ3) is 4.92. The second-order valence-corrected chi connectivity index (χ2v) is 4.43. The van der Waals surface area contributed by atoms with E-state index in [-0.39, 0.29) is 6.61 Å². The molecule has 1 aliphatic heterocycles. The molecule has 0 aromatic rings. The topological polar surface area (TPSA) is 70.0 Å². The maximum absolute atomic E-state index is 11.1. The molecule has 0 bridgehead atoms. The lowest BCUT2D eigenvalue weighted by molar-refractivity contribution is -0.155. The Morgan fingerprint density at radius 2 is 1.89 bits per heavy atom. The van der Waals surface area contributed by atoms with Crippen LogP contribution < -0.4 is 0 Å². The number of carboxylic acid groups (broad SMARTS) is 1. The normalized spacial score (nSPS) is 18.9. The summed E-state index contributed by atoms with van der Waals surface area (Å²) in [6, 6.07) is 0. The SMILES string of the molecule is CC.COCCCN1CCC(CO)(C(=O)O)CC1. The van der Waals surface area contributed by atoms with E-state index in [1.807, 2.05) is 13.8 Å². The molecule has 2 N–H and O–H groups in total. The van der Waals surface area contributed by atoms with Gasteiger partial charge in [0.2, 0.25) is 0 Å². The summed E-state index contributed by atoms with van der Waals surface area (Å²) >= 11 is 0. The Balaban J connectivity index is 0.00000137. The maximum Gasteiger partial charge on any atom is 0.312 e. The van der Waals surface area contributed by atoms with Gasteiger partial charge in [-0.2, -0.15) is 0 Å². The molecular weight excluding hydrogens is 234 g/mol. The fourth-order valence-corrected chi connectivity index (χ4v) is 2.08. The van der Waals surface area contributed by atoms with E-state index in [0.29, 0.717) is 12.8 Å². The predicted octanol–water partition coefficient (Wildman–Crippen LogP) is 1.21. The van der Waals surface area contributed by atoms with Crippen LogP contribution in [0.25, 0.3) is 0 Å². The number of carboxylic acids is 1. The number of hydrogen-bond acceptors (Lipinski definition) is 4. The summed E-state index contributed by atoms with van der Waals surface area (Å²) in [5.74, 6) is -0.869. The molecule has 0 saturated carbocycles. The van der Waals surface area contributed by atoms with Crippen LogP contribution in [0.1, 0.15) is 33.1 Å². The molecule has 0 spiro atoms. The van der Waals surface area contributed by atoms with Crippen LogP contribution in [0.2, 0.25) is 0 Å². The van der Waals surface area contributed by atoms with Crippen molar-refractivity contribution in [2.75, 3.05) is 40.0 Å². The first-order valence-corrected chi connectivity index (χ1v) is 6.70. The van der Waals surface area contributed by atoms with E-state index in [0.717, 1.165) is 32.7 Å². The molecule has 1 rings (SSSR count). The summed E-state index contributed by atoms with van der Waals surface area (Å²) in [5.41, 5.74) is -0.905. The molecule has 0 amide bonds. The Morgan fingerprint density at radius 3 is 2.28 bits per heavy atom. The minimum Gasteiger partial charge on any atom is -0.481 e. The second kappa shape index (κ2) is 9.30. The molecule has 0 aromatic carbocycles. The van der Waals surface area contributed by atoms with Crippen molar-refractivity contribution in [3.63, 3.8) is 0 Å². The zero-order valence-corrected chi connectivity index (χ0v) is 11.8. The number of ether oxygens (including phenoxy) is 1. The van der Waals surface area contributed by atoms with Gasteiger partial charge in [-0.05, 0) is 32.4 Å². The number of hydrogen-bond donors (Lipinski definition) is 2. The molecule has 0 unspecified atom stereocenters. The van der Waals surface area contributed by atoms with Gasteiger partial charge in [0.1, 0.15) is 0 Å². The maximum atomic E-state index is 11.1. The Labute approximate surface area is 110 Å². The number of aliphatic carboxylic acids is 1. The average molecular weight is 261 g/mol. The van der Waals surface area contributed by atoms with Gasteiger partial charge < -0.3 is 19.8 Å². The minimum absolute atomic E-state index is 0.256. The van der Waals surface area contributed by atoms with Crippen LogP contribution in [0.5, 0.6) is 0 Å². The predicted molar refractivity (Wildman–Crippen MR) is 70.7 cm³/mol. The van der Waals surface area contributed by atoms with Crippen molar-refractivity contribution in [1.29, 1.82) is 0 Å². The van der Waals surface area contributed by atoms with Crippen LogP contribution in [0.15, 0.2) is 0 Å². The van der Waals surface area contributed by atoms with Gasteiger partial charge in [-0.3, -0.25) is 4.79 Å². The molecule has 108 valence electrons. The molecule has 1 saturated heterocycles. The van der Waals surface area contributed by atoms with E-state index in [4.69, 9.17) is 9.84 Å². The third-order valence-corrected chi connectivity index (χ3v) is 3.39. The fraction of sp³-hybridized carbons (Fsp3) is 0.923. The van der Waals surface area contributed by atoms with Crippen LogP contribution in [-0.2, 0) is 9.53 Å². The van der Waals surface area contributed by atoms with Crippen molar-refractivity contribution in [3.05, 3.63) is 0 Å². The first-order chi connectivity index (χ1) is 8.64. The second-order valence-electron chi connectivity index (χ2n) is 4.43. The fourth-order valence-electron chi connectivity index (χ4n) is 2.08. The van der Waals surface area contributed by atoms with Gasteiger partial charge in [-0.15, -0.1) is 0 Å². The van der Waals surface area contributed by atoms with Gasteiger partial charge in [0.25, 0.3) is 0 Å². The van der Waals surface area contributed by atoms with Crippen LogP contribution in [-0.4, -0.2) is 61.0 Å². The van der Waals surface area contributed by atoms with E-state index in [1.54, 1.807) is 7.11 Å². The molecule has 0 aliphatic carbocycles. The Kier molecular flexibility index (Phi) is 8.97. The van der Waals surface area contributed by atoms with Gasteiger partial charge >= 0.3 is 5.97 Å². The molecule has 0 atom stereocenters. The molecule has 0 radical (unpaired) electrons. The quantitative estimate of drug-likeness (QED) is 0.703. The highest BCUT2D eigenvalue weighted by Gasteiger charge is 2.40. The zero-order valence-electron chi connectivity index (χ0n) is 11.8. The summed E-state index contributed by atoms with van der Waals surface area (Å²) < 4.78 is 4.97. The molecular formula is C13H27NO4. The van der Waals surface area contributed by atoms with Crippen molar-refractivity contribution in [3.8, 4) is 0 Å². The summed E-state index contributed by atoms with van der Waals surface area (Å²) in [7, 11) is 1.68. The van der Waals surface area contributed by atoms with Crippen molar-refractivity contribution in [2.45, 2.75) is 33.1 Å². The van der Waals surface area contributed by atoms with Gasteiger partial charge in [0.15, 0.2) is 0 Å². The van der Waals surface area contributed by atoms with E-state index < -0.39 is 11.4 Å². The van der Waals surface area contributed by atoms with Crippen LogP contribution in [0.3, 0.4) is 0 Å². The first-order valence-electron chi connectivity index (χ1n) is 6.70. The zero-order chi connectivity index (χ0) is 14.0. The Morgan fingerprint density at radius 1 is 1.33 bits per heavy atom. The van der Waals surface area contributed by atoms with E-state index in [1.165, 1.54) is 0 Å². The number of aliphatic hydroxyl groups is 1. The van der Waals surface area contributed by atoms with Crippen LogP contribution >= 0.6 is 0 Å². The van der Waals surface area contributed by atoms with Crippen molar-refractivity contribution in [2.24, 2.45) is 5.41 Å². The lowest BCUT2D eigenvalue weighted by Gasteiger charge is -2.37. The van der Waals surface area contributed by atoms with E-state index >= 15 is 0 Å². The molecule has 1 heterocycles. The molecule has 1 aliphatic rings. The molecule has 0 aromatic heterocycles. The molecule has 1 fully saturated rings. The summed E-state index contributed by atoms with van der Waals surface area (Å²) in [6.07, 6.45) is 2.04. The van der Waals surface area contributed by atoms with Crippen molar-refractivity contribution in [1.82, 2.24) is 4.90 Å². The number of carbonyl (C=O) groups is 1. The standard InChI is InChI=1S/C11H21NO4.C2H6/c1-16-8-2-5-12-6-3-11(9-13,4-7-12)10(14)15;1-2/h13H,2-9H2,1H3,(H,14,15);1-2H3. The Bertz CT molecular complexity index is 225. The van der Waals surface area contributed by atoms with Gasteiger partial charge in [0.05, 0.1) is 12.0 Å². The minimum atomic E-state index is -0.905. The molecule has 5 nitrogen and oxygen atoms in total. The third-order valence-electron chi connectivity index (χ3n) is 3.39. The number of piperidine rings is 1.